The van der Waals surface area contributed by atoms with Gasteiger partial charge in [-0.15, -0.1) is 0 Å². The predicted octanol–water partition coefficient (Wildman–Crippen LogP) is 5.43. The molecule has 0 radical (unpaired) electrons. The minimum atomic E-state index is 0.585. The van der Waals surface area contributed by atoms with Gasteiger partial charge in [0.2, 0.25) is 5.95 Å². The van der Waals surface area contributed by atoms with Crippen molar-refractivity contribution in [1.29, 1.82) is 0 Å². The summed E-state index contributed by atoms with van der Waals surface area (Å²) in [5, 5.41) is 11.0. The molecule has 4 N–H and O–H groups in total. The summed E-state index contributed by atoms with van der Waals surface area (Å²) in [6.45, 7) is 9.00. The third-order valence-electron chi connectivity index (χ3n) is 4.65. The lowest BCUT2D eigenvalue weighted by atomic mass is 10.1. The fourth-order valence-electron chi connectivity index (χ4n) is 3.08. The van der Waals surface area contributed by atoms with E-state index in [4.69, 9.17) is 0 Å². The molecule has 1 aliphatic rings. The lowest BCUT2D eigenvalue weighted by Crippen LogP contribution is -2.10. The Morgan fingerprint density at radius 3 is 2.77 bits per heavy atom. The molecule has 0 spiro atoms. The molecule has 1 saturated carbocycles. The molecule has 30 heavy (non-hydrogen) atoms. The van der Waals surface area contributed by atoms with E-state index in [1.165, 1.54) is 35.9 Å². The number of hydrogen-bond acceptors (Lipinski definition) is 5. The smallest absolute Gasteiger partial charge is 0.224 e. The van der Waals surface area contributed by atoms with Crippen LogP contribution in [0.5, 0.6) is 0 Å². The van der Waals surface area contributed by atoms with Gasteiger partial charge in [-0.05, 0) is 60.1 Å². The second kappa shape index (κ2) is 10.5. The Morgan fingerprint density at radius 2 is 2.03 bits per heavy atom. The zero-order valence-corrected chi connectivity index (χ0v) is 18.1. The number of aromatic nitrogens is 3. The van der Waals surface area contributed by atoms with E-state index < -0.39 is 0 Å². The van der Waals surface area contributed by atoms with Crippen molar-refractivity contribution in [2.24, 2.45) is 5.92 Å². The standard InChI is InChI=1S/C21H24N6.C3H8/c1-14(11-19(22-2)16-4-5-16)26-20-8-10-24-21(27-20)25-13-15-3-6-18-17(12-15)7-9-23-18;1-3-2/h3,6-12,16,22-23H,1,4-5,13H2,2H3,(H2,24,25,26,27);3H2,1-2H3/b19-11-;. The van der Waals surface area contributed by atoms with Gasteiger partial charge in [0.15, 0.2) is 0 Å². The van der Waals surface area contributed by atoms with Crippen LogP contribution in [0.2, 0.25) is 0 Å². The zero-order valence-electron chi connectivity index (χ0n) is 18.1. The topological polar surface area (TPSA) is 77.7 Å². The predicted molar refractivity (Wildman–Crippen MR) is 126 cm³/mol. The minimum absolute atomic E-state index is 0.585. The molecule has 3 aromatic rings. The molecule has 0 aliphatic heterocycles. The molecule has 2 aromatic heterocycles. The average molecular weight is 405 g/mol. The molecule has 1 aromatic carbocycles. The first-order chi connectivity index (χ1) is 14.6. The van der Waals surface area contributed by atoms with Crippen LogP contribution in [-0.4, -0.2) is 22.0 Å². The van der Waals surface area contributed by atoms with Crippen molar-refractivity contribution in [2.45, 2.75) is 39.7 Å². The summed E-state index contributed by atoms with van der Waals surface area (Å²) in [4.78, 5) is 12.0. The van der Waals surface area contributed by atoms with Gasteiger partial charge in [0, 0.05) is 42.9 Å². The Hall–Kier alpha value is -3.28. The van der Waals surface area contributed by atoms with Crippen LogP contribution in [0.4, 0.5) is 11.8 Å². The number of nitrogens with one attached hydrogen (secondary N) is 4. The van der Waals surface area contributed by atoms with Crippen LogP contribution in [0.15, 0.2) is 66.8 Å². The molecule has 6 nitrogen and oxygen atoms in total. The summed E-state index contributed by atoms with van der Waals surface area (Å²) in [6, 6.07) is 10.2. The first-order valence-corrected chi connectivity index (χ1v) is 10.6. The van der Waals surface area contributed by atoms with E-state index in [-0.39, 0.29) is 0 Å². The Morgan fingerprint density at radius 1 is 1.23 bits per heavy atom. The van der Waals surface area contributed by atoms with Crippen LogP contribution in [0, 0.1) is 5.92 Å². The number of rotatable bonds is 8. The Kier molecular flexibility index (Phi) is 7.49. The van der Waals surface area contributed by atoms with Crippen molar-refractivity contribution in [1.82, 2.24) is 20.3 Å². The highest BCUT2D eigenvalue weighted by Gasteiger charge is 2.25. The largest absolute Gasteiger partial charge is 0.391 e. The molecule has 0 unspecified atom stereocenters. The maximum Gasteiger partial charge on any atom is 0.224 e. The van der Waals surface area contributed by atoms with Crippen molar-refractivity contribution in [3.8, 4) is 0 Å². The first-order valence-electron chi connectivity index (χ1n) is 10.6. The van der Waals surface area contributed by atoms with Crippen molar-refractivity contribution in [2.75, 3.05) is 17.7 Å². The first kappa shape index (κ1) is 21.4. The third-order valence-corrected chi connectivity index (χ3v) is 4.65. The summed E-state index contributed by atoms with van der Waals surface area (Å²) in [6.07, 6.45) is 9.49. The van der Waals surface area contributed by atoms with E-state index >= 15 is 0 Å². The molecular weight excluding hydrogens is 372 g/mol. The van der Waals surface area contributed by atoms with Gasteiger partial charge < -0.3 is 20.9 Å². The van der Waals surface area contributed by atoms with Crippen molar-refractivity contribution in [3.05, 3.63) is 72.3 Å². The van der Waals surface area contributed by atoms with E-state index in [2.05, 4.69) is 81.7 Å². The SMILES string of the molecule is C=C(/C=C(\NC)C1CC1)Nc1ccnc(NCc2ccc3[nH]ccc3c2)n1.CCC. The van der Waals surface area contributed by atoms with Crippen molar-refractivity contribution in [3.63, 3.8) is 0 Å². The molecule has 0 saturated heterocycles. The van der Waals surface area contributed by atoms with Crippen LogP contribution in [0.25, 0.3) is 10.9 Å². The maximum atomic E-state index is 4.52. The molecule has 2 heterocycles. The van der Waals surface area contributed by atoms with Gasteiger partial charge >= 0.3 is 0 Å². The summed E-state index contributed by atoms with van der Waals surface area (Å²) in [5.74, 6) is 1.96. The molecule has 0 atom stereocenters. The lowest BCUT2D eigenvalue weighted by Gasteiger charge is -2.10. The highest BCUT2D eigenvalue weighted by Crippen LogP contribution is 2.35. The second-order valence-corrected chi connectivity index (χ2v) is 7.50. The molecule has 158 valence electrons. The lowest BCUT2D eigenvalue weighted by molar-refractivity contribution is 0.845. The van der Waals surface area contributed by atoms with E-state index in [1.807, 2.05) is 19.3 Å². The van der Waals surface area contributed by atoms with Gasteiger partial charge in [-0.3, -0.25) is 0 Å². The molecule has 1 aliphatic carbocycles. The third kappa shape index (κ3) is 6.11. The van der Waals surface area contributed by atoms with Crippen molar-refractivity contribution < 1.29 is 0 Å². The molecule has 4 rings (SSSR count). The number of H-pyrrole nitrogens is 1. The summed E-state index contributed by atoms with van der Waals surface area (Å²) >= 11 is 0. The van der Waals surface area contributed by atoms with Gasteiger partial charge in [-0.1, -0.05) is 32.9 Å². The van der Waals surface area contributed by atoms with Crippen LogP contribution in [0.3, 0.4) is 0 Å². The second-order valence-electron chi connectivity index (χ2n) is 7.50. The molecule has 1 fully saturated rings. The fourth-order valence-corrected chi connectivity index (χ4v) is 3.08. The van der Waals surface area contributed by atoms with Crippen molar-refractivity contribution >= 4 is 22.7 Å². The van der Waals surface area contributed by atoms with E-state index in [0.29, 0.717) is 18.4 Å². The monoisotopic (exact) mass is 404 g/mol. The molecule has 6 heteroatoms. The van der Waals surface area contributed by atoms with Crippen LogP contribution < -0.4 is 16.0 Å². The number of allylic oxidation sites excluding steroid dienone is 2. The van der Waals surface area contributed by atoms with Gasteiger partial charge in [-0.2, -0.15) is 4.98 Å². The molecule has 0 amide bonds. The number of anilines is 2. The quantitative estimate of drug-likeness (QED) is 0.377. The summed E-state index contributed by atoms with van der Waals surface area (Å²) < 4.78 is 0. The maximum absolute atomic E-state index is 4.52. The van der Waals surface area contributed by atoms with Crippen LogP contribution in [0.1, 0.15) is 38.7 Å². The highest BCUT2D eigenvalue weighted by atomic mass is 15.1. The zero-order chi connectivity index (χ0) is 21.3. The number of benzene rings is 1. The Labute approximate surface area is 178 Å². The Bertz CT molecular complexity index is 1000. The Balaban J connectivity index is 0.000000806. The number of hydrogen-bond donors (Lipinski definition) is 4. The minimum Gasteiger partial charge on any atom is -0.391 e. The number of aromatic amines is 1. The van der Waals surface area contributed by atoms with Crippen LogP contribution in [-0.2, 0) is 6.54 Å². The van der Waals surface area contributed by atoms with E-state index in [1.54, 1.807) is 6.20 Å². The fraction of sp³-hybridized carbons (Fsp3) is 0.333. The number of nitrogens with zero attached hydrogens (tertiary/aromatic N) is 2. The van der Waals surface area contributed by atoms with Gasteiger partial charge in [0.25, 0.3) is 0 Å². The van der Waals surface area contributed by atoms with E-state index in [9.17, 15) is 0 Å². The highest BCUT2D eigenvalue weighted by molar-refractivity contribution is 5.79. The van der Waals surface area contributed by atoms with Gasteiger partial charge in [0.1, 0.15) is 5.82 Å². The molecular formula is C24H32N6. The normalized spacial score (nSPS) is 13.4. The average Bonchev–Trinajstić information content (AvgIpc) is 3.48. The number of fused-ring (bicyclic) bond motifs is 1. The molecule has 0 bridgehead atoms. The summed E-state index contributed by atoms with van der Waals surface area (Å²) in [5.41, 5.74) is 4.35. The van der Waals surface area contributed by atoms with E-state index in [0.717, 1.165) is 17.0 Å². The van der Waals surface area contributed by atoms with Gasteiger partial charge in [0.05, 0.1) is 0 Å². The summed E-state index contributed by atoms with van der Waals surface area (Å²) in [7, 11) is 1.95. The van der Waals surface area contributed by atoms with Crippen LogP contribution >= 0.6 is 0 Å². The van der Waals surface area contributed by atoms with Gasteiger partial charge in [-0.25, -0.2) is 4.98 Å².